The van der Waals surface area contributed by atoms with E-state index in [1.165, 1.54) is 11.3 Å². The number of ether oxygens (including phenoxy) is 1. The van der Waals surface area contributed by atoms with Gasteiger partial charge < -0.3 is 14.5 Å². The molecule has 29 heavy (non-hydrogen) atoms. The van der Waals surface area contributed by atoms with Gasteiger partial charge in [0, 0.05) is 26.2 Å². The summed E-state index contributed by atoms with van der Waals surface area (Å²) in [7, 11) is 0. The fourth-order valence-electron chi connectivity index (χ4n) is 3.12. The Morgan fingerprint density at radius 3 is 2.34 bits per heavy atom. The van der Waals surface area contributed by atoms with Gasteiger partial charge in [-0.3, -0.25) is 4.79 Å². The summed E-state index contributed by atoms with van der Waals surface area (Å²) in [5.74, 6) is 0.00574. The largest absolute Gasteiger partial charge is 0.444 e. The minimum absolute atomic E-state index is 0.00574. The number of thiazole rings is 1. The average Bonchev–Trinajstić information content (AvgIpc) is 3.33. The van der Waals surface area contributed by atoms with Gasteiger partial charge in [0.05, 0.1) is 20.0 Å². The van der Waals surface area contributed by atoms with Crippen molar-refractivity contribution in [2.24, 2.45) is 0 Å². The number of piperazine rings is 1. The van der Waals surface area contributed by atoms with Crippen LogP contribution in [-0.2, 0) is 4.74 Å². The Labute approximate surface area is 177 Å². The van der Waals surface area contributed by atoms with Crippen LogP contribution in [-0.4, -0.2) is 58.6 Å². The molecule has 0 saturated carbocycles. The van der Waals surface area contributed by atoms with Gasteiger partial charge in [-0.05, 0) is 45.0 Å². The van der Waals surface area contributed by atoms with Crippen LogP contribution in [0.15, 0.2) is 36.4 Å². The second kappa shape index (κ2) is 7.76. The second-order valence-electron chi connectivity index (χ2n) is 7.91. The molecule has 8 heteroatoms. The minimum Gasteiger partial charge on any atom is -0.444 e. The predicted molar refractivity (Wildman–Crippen MR) is 117 cm³/mol. The van der Waals surface area contributed by atoms with E-state index in [2.05, 4.69) is 11.1 Å². The van der Waals surface area contributed by atoms with E-state index in [1.807, 2.05) is 51.1 Å². The molecule has 1 aliphatic rings. The van der Waals surface area contributed by atoms with Crippen LogP contribution in [0.2, 0.25) is 0 Å². The number of hydrogen-bond donors (Lipinski definition) is 0. The fourth-order valence-corrected chi connectivity index (χ4v) is 5.11. The number of benzene rings is 1. The Morgan fingerprint density at radius 2 is 1.66 bits per heavy atom. The van der Waals surface area contributed by atoms with Crippen LogP contribution in [0.5, 0.6) is 0 Å². The van der Waals surface area contributed by atoms with Gasteiger partial charge in [-0.2, -0.15) is 0 Å². The molecule has 152 valence electrons. The maximum Gasteiger partial charge on any atom is 0.410 e. The first kappa shape index (κ1) is 19.8. The molecule has 2 aromatic heterocycles. The number of amides is 2. The zero-order valence-electron chi connectivity index (χ0n) is 16.7. The summed E-state index contributed by atoms with van der Waals surface area (Å²) in [6, 6.07) is 11.9. The third-order valence-electron chi connectivity index (χ3n) is 4.54. The third-order valence-corrected chi connectivity index (χ3v) is 6.82. The highest BCUT2D eigenvalue weighted by Gasteiger charge is 2.28. The highest BCUT2D eigenvalue weighted by Crippen LogP contribution is 2.34. The summed E-state index contributed by atoms with van der Waals surface area (Å²) >= 11 is 3.10. The first-order valence-electron chi connectivity index (χ1n) is 9.53. The quantitative estimate of drug-likeness (QED) is 0.591. The van der Waals surface area contributed by atoms with Crippen molar-refractivity contribution in [2.75, 3.05) is 26.2 Å². The van der Waals surface area contributed by atoms with Crippen LogP contribution in [0.3, 0.4) is 0 Å². The molecule has 0 radical (unpaired) electrons. The number of nitrogens with zero attached hydrogens (tertiary/aromatic N) is 3. The molecule has 3 heterocycles. The van der Waals surface area contributed by atoms with E-state index in [1.54, 1.807) is 21.1 Å². The van der Waals surface area contributed by atoms with Gasteiger partial charge >= 0.3 is 6.09 Å². The number of rotatable bonds is 2. The highest BCUT2D eigenvalue weighted by atomic mass is 32.1. The summed E-state index contributed by atoms with van der Waals surface area (Å²) in [6.07, 6.45) is -0.321. The van der Waals surface area contributed by atoms with Crippen LogP contribution in [0.4, 0.5) is 4.79 Å². The summed E-state index contributed by atoms with van der Waals surface area (Å²) < 4.78 is 6.56. The molecule has 1 aromatic carbocycles. The molecule has 0 atom stereocenters. The Kier molecular flexibility index (Phi) is 5.31. The standard InChI is InChI=1S/C21H23N3O3S2/c1-21(2,3)27-20(26)24-12-10-23(11-13-24)19(25)17-9-8-16(28-17)18-22-14-6-4-5-7-15(14)29-18/h4-9H,10-13H2,1-3H3. The van der Waals surface area contributed by atoms with Crippen LogP contribution in [0.1, 0.15) is 30.4 Å². The molecule has 0 bridgehead atoms. The molecule has 0 N–H and O–H groups in total. The lowest BCUT2D eigenvalue weighted by atomic mass is 10.2. The molecular formula is C21H23N3O3S2. The molecule has 3 aromatic rings. The van der Waals surface area contributed by atoms with E-state index in [0.29, 0.717) is 31.1 Å². The van der Waals surface area contributed by atoms with Crippen molar-refractivity contribution >= 4 is 44.9 Å². The lowest BCUT2D eigenvalue weighted by molar-refractivity contribution is 0.0141. The van der Waals surface area contributed by atoms with Crippen molar-refractivity contribution in [1.29, 1.82) is 0 Å². The molecule has 6 nitrogen and oxygen atoms in total. The van der Waals surface area contributed by atoms with E-state index >= 15 is 0 Å². The zero-order chi connectivity index (χ0) is 20.6. The minimum atomic E-state index is -0.516. The normalized spacial score (nSPS) is 15.0. The molecule has 1 aliphatic heterocycles. The molecule has 0 unspecified atom stereocenters. The van der Waals surface area contributed by atoms with Crippen LogP contribution >= 0.6 is 22.7 Å². The van der Waals surface area contributed by atoms with Crippen molar-refractivity contribution in [3.8, 4) is 9.88 Å². The third kappa shape index (κ3) is 4.43. The number of carbonyl (C=O) groups excluding carboxylic acids is 2. The smallest absolute Gasteiger partial charge is 0.410 e. The Hall–Kier alpha value is -2.45. The van der Waals surface area contributed by atoms with Gasteiger partial charge in [0.25, 0.3) is 5.91 Å². The number of fused-ring (bicyclic) bond motifs is 1. The van der Waals surface area contributed by atoms with Crippen LogP contribution < -0.4 is 0 Å². The van der Waals surface area contributed by atoms with Crippen molar-refractivity contribution in [3.05, 3.63) is 41.3 Å². The molecule has 1 saturated heterocycles. The summed E-state index contributed by atoms with van der Waals surface area (Å²) in [5.41, 5.74) is 0.463. The summed E-state index contributed by atoms with van der Waals surface area (Å²) in [5, 5.41) is 0.935. The van der Waals surface area contributed by atoms with Crippen LogP contribution in [0, 0.1) is 0 Å². The number of thiophene rings is 1. The van der Waals surface area contributed by atoms with E-state index in [4.69, 9.17) is 4.74 Å². The Bertz CT molecular complexity index is 1010. The fraction of sp³-hybridized carbons (Fsp3) is 0.381. The maximum atomic E-state index is 12.9. The van der Waals surface area contributed by atoms with E-state index in [-0.39, 0.29) is 12.0 Å². The topological polar surface area (TPSA) is 62.7 Å². The number of carbonyl (C=O) groups is 2. The van der Waals surface area contributed by atoms with Gasteiger partial charge in [0.1, 0.15) is 10.6 Å². The molecular weight excluding hydrogens is 406 g/mol. The van der Waals surface area contributed by atoms with Gasteiger partial charge in [0.2, 0.25) is 0 Å². The average molecular weight is 430 g/mol. The summed E-state index contributed by atoms with van der Waals surface area (Å²) in [4.78, 5) is 34.9. The number of aromatic nitrogens is 1. The zero-order valence-corrected chi connectivity index (χ0v) is 18.3. The summed E-state index contributed by atoms with van der Waals surface area (Å²) in [6.45, 7) is 7.53. The van der Waals surface area contributed by atoms with Crippen molar-refractivity contribution < 1.29 is 14.3 Å². The molecule has 4 rings (SSSR count). The second-order valence-corrected chi connectivity index (χ2v) is 10.0. The lowest BCUT2D eigenvalue weighted by Gasteiger charge is -2.35. The number of para-hydroxylation sites is 1. The van der Waals surface area contributed by atoms with Gasteiger partial charge in [0.15, 0.2) is 0 Å². The van der Waals surface area contributed by atoms with E-state index < -0.39 is 5.60 Å². The molecule has 2 amide bonds. The van der Waals surface area contributed by atoms with Crippen molar-refractivity contribution in [3.63, 3.8) is 0 Å². The monoisotopic (exact) mass is 429 g/mol. The SMILES string of the molecule is CC(C)(C)OC(=O)N1CCN(C(=O)c2ccc(-c3nc4ccccc4s3)s2)CC1. The molecule has 0 spiro atoms. The van der Waals surface area contributed by atoms with Crippen molar-refractivity contribution in [1.82, 2.24) is 14.8 Å². The first-order chi connectivity index (χ1) is 13.8. The molecule has 0 aliphatic carbocycles. The van der Waals surface area contributed by atoms with Gasteiger partial charge in [-0.15, -0.1) is 22.7 Å². The van der Waals surface area contributed by atoms with Gasteiger partial charge in [-0.25, -0.2) is 9.78 Å². The first-order valence-corrected chi connectivity index (χ1v) is 11.2. The van der Waals surface area contributed by atoms with E-state index in [9.17, 15) is 9.59 Å². The Morgan fingerprint density at radius 1 is 0.966 bits per heavy atom. The maximum absolute atomic E-state index is 12.9. The predicted octanol–water partition coefficient (Wildman–Crippen LogP) is 4.72. The van der Waals surface area contributed by atoms with E-state index in [0.717, 1.165) is 20.1 Å². The van der Waals surface area contributed by atoms with Crippen LogP contribution in [0.25, 0.3) is 20.1 Å². The number of hydrogen-bond acceptors (Lipinski definition) is 6. The highest BCUT2D eigenvalue weighted by molar-refractivity contribution is 7.26. The van der Waals surface area contributed by atoms with Crippen molar-refractivity contribution in [2.45, 2.75) is 26.4 Å². The van der Waals surface area contributed by atoms with Gasteiger partial charge in [-0.1, -0.05) is 12.1 Å². The lowest BCUT2D eigenvalue weighted by Crippen LogP contribution is -2.51. The Balaban J connectivity index is 1.40. The molecule has 1 fully saturated rings.